The number of primary amides is 1. The Balaban J connectivity index is 1.52. The molecule has 2 aliphatic rings. The number of carbonyl (C=O) groups is 4. The number of amides is 3. The van der Waals surface area contributed by atoms with Crippen LogP contribution in [0.25, 0.3) is 0 Å². The van der Waals surface area contributed by atoms with Crippen molar-refractivity contribution >= 4 is 23.7 Å². The lowest BCUT2D eigenvalue weighted by molar-refractivity contribution is -0.133. The highest BCUT2D eigenvalue weighted by Gasteiger charge is 2.39. The van der Waals surface area contributed by atoms with Crippen molar-refractivity contribution in [3.63, 3.8) is 0 Å². The van der Waals surface area contributed by atoms with Crippen LogP contribution in [0.5, 0.6) is 0 Å². The van der Waals surface area contributed by atoms with Crippen LogP contribution in [-0.4, -0.2) is 40.7 Å². The fraction of sp³-hybridized carbons (Fsp3) is 0.385. The van der Waals surface area contributed by atoms with Crippen LogP contribution >= 0.6 is 0 Å². The molecule has 34 heavy (non-hydrogen) atoms. The quantitative estimate of drug-likeness (QED) is 0.682. The monoisotopic (exact) mass is 463 g/mol. The lowest BCUT2D eigenvalue weighted by Gasteiger charge is -2.36. The molecule has 0 saturated heterocycles. The van der Waals surface area contributed by atoms with Gasteiger partial charge in [0, 0.05) is 19.3 Å². The first-order valence-electron chi connectivity index (χ1n) is 11.6. The first-order valence-corrected chi connectivity index (χ1v) is 11.6. The predicted molar refractivity (Wildman–Crippen MR) is 124 cm³/mol. The summed E-state index contributed by atoms with van der Waals surface area (Å²) in [6, 6.07) is 15.1. The molecule has 8 nitrogen and oxygen atoms in total. The van der Waals surface area contributed by atoms with Gasteiger partial charge in [0.1, 0.15) is 24.5 Å². The van der Waals surface area contributed by atoms with E-state index in [2.05, 4.69) is 5.32 Å². The number of Topliss-reactive ketones (excluding diaryl/α,β-unsaturated/α-hetero) is 1. The maximum absolute atomic E-state index is 13.4. The van der Waals surface area contributed by atoms with Gasteiger partial charge in [0.2, 0.25) is 11.8 Å². The predicted octanol–water partition coefficient (Wildman–Crippen LogP) is 2.48. The number of hydrogen-bond donors (Lipinski definition) is 2. The molecule has 1 aliphatic heterocycles. The molecule has 3 amide bonds. The van der Waals surface area contributed by atoms with Gasteiger partial charge in [0.05, 0.1) is 6.54 Å². The molecule has 0 radical (unpaired) electrons. The fourth-order valence-corrected chi connectivity index (χ4v) is 4.76. The van der Waals surface area contributed by atoms with Gasteiger partial charge in [0.15, 0.2) is 0 Å². The molecule has 1 heterocycles. The number of hydrogen-bond acceptors (Lipinski definition) is 5. The molecule has 4 rings (SSSR count). The number of fused-ring (bicyclic) bond motifs is 1. The van der Waals surface area contributed by atoms with Gasteiger partial charge in [-0.3, -0.25) is 19.3 Å². The second-order valence-electron chi connectivity index (χ2n) is 8.94. The van der Waals surface area contributed by atoms with E-state index in [1.54, 1.807) is 0 Å². The molecule has 2 aromatic carbocycles. The highest BCUT2D eigenvalue weighted by Crippen LogP contribution is 2.27. The molecule has 0 aromatic heterocycles. The molecule has 3 atom stereocenters. The van der Waals surface area contributed by atoms with Gasteiger partial charge in [-0.25, -0.2) is 4.79 Å². The molecule has 1 fully saturated rings. The Morgan fingerprint density at radius 3 is 2.44 bits per heavy atom. The number of carbonyl (C=O) groups excluding carboxylic acids is 4. The van der Waals surface area contributed by atoms with Crippen molar-refractivity contribution in [2.24, 2.45) is 11.7 Å². The van der Waals surface area contributed by atoms with E-state index >= 15 is 0 Å². The lowest BCUT2D eigenvalue weighted by Crippen LogP contribution is -2.58. The van der Waals surface area contributed by atoms with Crippen LogP contribution in [0.15, 0.2) is 54.6 Å². The fourth-order valence-electron chi connectivity index (χ4n) is 4.76. The topological polar surface area (TPSA) is 119 Å². The van der Waals surface area contributed by atoms with E-state index in [-0.39, 0.29) is 37.7 Å². The van der Waals surface area contributed by atoms with Crippen LogP contribution in [-0.2, 0) is 38.7 Å². The summed E-state index contributed by atoms with van der Waals surface area (Å²) in [5.74, 6) is -1.43. The van der Waals surface area contributed by atoms with Crippen molar-refractivity contribution in [3.8, 4) is 0 Å². The summed E-state index contributed by atoms with van der Waals surface area (Å²) < 4.78 is 5.52. The summed E-state index contributed by atoms with van der Waals surface area (Å²) in [6.45, 7) is 0.297. The third-order valence-corrected chi connectivity index (χ3v) is 6.59. The van der Waals surface area contributed by atoms with Gasteiger partial charge in [-0.2, -0.15) is 0 Å². The van der Waals surface area contributed by atoms with Crippen molar-refractivity contribution in [3.05, 3.63) is 71.3 Å². The van der Waals surface area contributed by atoms with E-state index < -0.39 is 30.0 Å². The zero-order valence-electron chi connectivity index (χ0n) is 18.9. The average molecular weight is 464 g/mol. The van der Waals surface area contributed by atoms with E-state index in [1.165, 1.54) is 4.90 Å². The van der Waals surface area contributed by atoms with Gasteiger partial charge in [-0.1, -0.05) is 54.6 Å². The van der Waals surface area contributed by atoms with Gasteiger partial charge < -0.3 is 15.8 Å². The second-order valence-corrected chi connectivity index (χ2v) is 8.94. The van der Waals surface area contributed by atoms with Crippen LogP contribution in [0.1, 0.15) is 42.4 Å². The zero-order valence-corrected chi connectivity index (χ0v) is 18.9. The Bertz CT molecular complexity index is 1070. The minimum absolute atomic E-state index is 0.0643. The first kappa shape index (κ1) is 23.5. The molecule has 0 bridgehead atoms. The highest BCUT2D eigenvalue weighted by molar-refractivity contribution is 5.92. The number of rotatable bonds is 6. The van der Waals surface area contributed by atoms with Crippen molar-refractivity contribution in [2.45, 2.75) is 57.3 Å². The first-order chi connectivity index (χ1) is 16.4. The standard InChI is InChI=1S/C26H29N3O5/c27-24(31)23(19-11-6-12-21(30)13-19)28-25(32)22-14-18-9-4-5-10-20(18)15-29(22)26(33)34-16-17-7-2-1-3-8-17/h1-5,7-10,19,22-23H,6,11-16H2,(H2,27,31)(H,28,32)/t19-,22-,23-/m0/s1. The smallest absolute Gasteiger partial charge is 0.411 e. The molecule has 3 N–H and O–H groups in total. The maximum Gasteiger partial charge on any atom is 0.411 e. The molecule has 0 unspecified atom stereocenters. The molecule has 2 aromatic rings. The molecule has 1 aliphatic carbocycles. The van der Waals surface area contributed by atoms with Gasteiger partial charge in [-0.05, 0) is 35.4 Å². The number of nitrogens with two attached hydrogens (primary N) is 1. The molecular formula is C26H29N3O5. The van der Waals surface area contributed by atoms with E-state index in [1.807, 2.05) is 54.6 Å². The number of benzene rings is 2. The molecule has 1 saturated carbocycles. The molecule has 8 heteroatoms. The Morgan fingerprint density at radius 2 is 1.74 bits per heavy atom. The van der Waals surface area contributed by atoms with E-state index in [9.17, 15) is 19.2 Å². The van der Waals surface area contributed by atoms with E-state index in [0.717, 1.165) is 16.7 Å². The Kier molecular flexibility index (Phi) is 7.25. The Morgan fingerprint density at radius 1 is 1.03 bits per heavy atom. The third kappa shape index (κ3) is 5.44. The summed E-state index contributed by atoms with van der Waals surface area (Å²) in [5.41, 5.74) is 8.34. The highest BCUT2D eigenvalue weighted by atomic mass is 16.6. The van der Waals surface area contributed by atoms with E-state index in [0.29, 0.717) is 19.3 Å². The lowest BCUT2D eigenvalue weighted by atomic mass is 9.82. The number of nitrogens with zero attached hydrogens (tertiary/aromatic N) is 1. The average Bonchev–Trinajstić information content (AvgIpc) is 2.85. The zero-order chi connectivity index (χ0) is 24.1. The summed E-state index contributed by atoms with van der Waals surface area (Å²) in [6.07, 6.45) is 1.67. The van der Waals surface area contributed by atoms with Gasteiger partial charge in [-0.15, -0.1) is 0 Å². The van der Waals surface area contributed by atoms with Crippen LogP contribution in [0.4, 0.5) is 4.79 Å². The SMILES string of the molecule is NC(=O)[C@@H](NC(=O)[C@@H]1Cc2ccccc2CN1C(=O)OCc1ccccc1)[C@H]1CCCC(=O)C1. The van der Waals surface area contributed by atoms with Crippen molar-refractivity contribution in [2.75, 3.05) is 0 Å². The number of ketones is 1. The molecule has 178 valence electrons. The van der Waals surface area contributed by atoms with Crippen molar-refractivity contribution in [1.29, 1.82) is 0 Å². The van der Waals surface area contributed by atoms with Crippen LogP contribution in [0.2, 0.25) is 0 Å². The van der Waals surface area contributed by atoms with Gasteiger partial charge >= 0.3 is 6.09 Å². The summed E-state index contributed by atoms with van der Waals surface area (Å²) in [5, 5.41) is 2.75. The van der Waals surface area contributed by atoms with Crippen LogP contribution in [0.3, 0.4) is 0 Å². The molecule has 0 spiro atoms. The number of nitrogens with one attached hydrogen (secondary N) is 1. The summed E-state index contributed by atoms with van der Waals surface area (Å²) in [7, 11) is 0. The van der Waals surface area contributed by atoms with Crippen molar-refractivity contribution < 1.29 is 23.9 Å². The minimum Gasteiger partial charge on any atom is -0.445 e. The van der Waals surface area contributed by atoms with Crippen LogP contribution < -0.4 is 11.1 Å². The molecular weight excluding hydrogens is 434 g/mol. The van der Waals surface area contributed by atoms with Crippen molar-refractivity contribution in [1.82, 2.24) is 10.2 Å². The second kappa shape index (κ2) is 10.5. The largest absolute Gasteiger partial charge is 0.445 e. The van der Waals surface area contributed by atoms with Crippen LogP contribution in [0, 0.1) is 5.92 Å². The summed E-state index contributed by atoms with van der Waals surface area (Å²) >= 11 is 0. The summed E-state index contributed by atoms with van der Waals surface area (Å²) in [4.78, 5) is 51.9. The van der Waals surface area contributed by atoms with E-state index in [4.69, 9.17) is 10.5 Å². The van der Waals surface area contributed by atoms with Gasteiger partial charge in [0.25, 0.3) is 0 Å². The Hall–Kier alpha value is -3.68. The third-order valence-electron chi connectivity index (χ3n) is 6.59. The minimum atomic E-state index is -0.962. The normalized spacial score (nSPS) is 20.7. The Labute approximate surface area is 198 Å². The maximum atomic E-state index is 13.4. The number of ether oxygens (including phenoxy) is 1.